The first kappa shape index (κ1) is 19.3. The molecule has 2 aliphatic heterocycles. The first-order valence-electron chi connectivity index (χ1n) is 10.8. The summed E-state index contributed by atoms with van der Waals surface area (Å²) >= 11 is 0. The number of ether oxygens (including phenoxy) is 1. The van der Waals surface area contributed by atoms with E-state index in [0.717, 1.165) is 69.6 Å². The van der Waals surface area contributed by atoms with Gasteiger partial charge in [-0.3, -0.25) is 14.9 Å². The van der Waals surface area contributed by atoms with Crippen molar-refractivity contribution in [1.29, 1.82) is 0 Å². The highest BCUT2D eigenvalue weighted by Gasteiger charge is 2.40. The van der Waals surface area contributed by atoms with E-state index in [2.05, 4.69) is 37.1 Å². The lowest BCUT2D eigenvalue weighted by Crippen LogP contribution is -2.49. The molecule has 156 valence electrons. The molecule has 7 nitrogen and oxygen atoms in total. The monoisotopic (exact) mass is 405 g/mol. The molecule has 0 N–H and O–H groups in total. The van der Waals surface area contributed by atoms with Crippen molar-refractivity contribution in [2.24, 2.45) is 5.92 Å². The molecule has 2 fully saturated rings. The Balaban J connectivity index is 1.17. The molecule has 0 aliphatic carbocycles. The Hall–Kier alpha value is -2.64. The Bertz CT molecular complexity index is 938. The third kappa shape index (κ3) is 4.42. The van der Waals surface area contributed by atoms with Crippen LogP contribution in [0, 0.1) is 5.92 Å². The number of hydrogen-bond donors (Lipinski definition) is 0. The summed E-state index contributed by atoms with van der Waals surface area (Å²) in [5.41, 5.74) is 2.02. The molecule has 7 heteroatoms. The van der Waals surface area contributed by atoms with Crippen molar-refractivity contribution >= 4 is 0 Å². The van der Waals surface area contributed by atoms with Crippen molar-refractivity contribution in [3.05, 3.63) is 60.5 Å². The van der Waals surface area contributed by atoms with Gasteiger partial charge < -0.3 is 9.26 Å². The average molecular weight is 406 g/mol. The Morgan fingerprint density at radius 3 is 2.83 bits per heavy atom. The van der Waals surface area contributed by atoms with Crippen LogP contribution in [0.25, 0.3) is 11.4 Å². The molecule has 0 amide bonds. The standard InChI is InChI=1S/C23H27N5O2/c1-2-10-25-20(5-1)17-28-11-7-23(8-12-28)15-18(6-13-29-23)14-21-26-22(27-30-21)19-4-3-9-24-16-19/h1-5,9-10,16,18H,6-8,11-15,17H2. The van der Waals surface area contributed by atoms with Gasteiger partial charge in [0.2, 0.25) is 11.7 Å². The van der Waals surface area contributed by atoms with E-state index in [1.165, 1.54) is 0 Å². The molecule has 0 aromatic carbocycles. The van der Waals surface area contributed by atoms with Crippen molar-refractivity contribution in [3.8, 4) is 11.4 Å². The summed E-state index contributed by atoms with van der Waals surface area (Å²) in [6.07, 6.45) is 10.4. The molecule has 0 saturated carbocycles. The number of piperidine rings is 1. The van der Waals surface area contributed by atoms with Crippen LogP contribution in [0.15, 0.2) is 53.4 Å². The Morgan fingerprint density at radius 1 is 1.10 bits per heavy atom. The van der Waals surface area contributed by atoms with E-state index in [1.54, 1.807) is 12.4 Å². The van der Waals surface area contributed by atoms with Gasteiger partial charge >= 0.3 is 0 Å². The fourth-order valence-corrected chi connectivity index (χ4v) is 4.69. The van der Waals surface area contributed by atoms with Gasteiger partial charge in [0.25, 0.3) is 0 Å². The summed E-state index contributed by atoms with van der Waals surface area (Å²) in [6, 6.07) is 9.95. The second-order valence-electron chi connectivity index (χ2n) is 8.45. The van der Waals surface area contributed by atoms with Crippen LogP contribution >= 0.6 is 0 Å². The molecule has 1 unspecified atom stereocenters. The van der Waals surface area contributed by atoms with Gasteiger partial charge in [-0.1, -0.05) is 11.2 Å². The van der Waals surface area contributed by atoms with Crippen LogP contribution < -0.4 is 0 Å². The summed E-state index contributed by atoms with van der Waals surface area (Å²) in [4.78, 5) is 15.7. The normalized spacial score (nSPS) is 21.7. The lowest BCUT2D eigenvalue weighted by molar-refractivity contribution is -0.128. The van der Waals surface area contributed by atoms with Gasteiger partial charge in [-0.25, -0.2) is 0 Å². The van der Waals surface area contributed by atoms with Crippen molar-refractivity contribution in [1.82, 2.24) is 25.0 Å². The first-order valence-corrected chi connectivity index (χ1v) is 10.8. The van der Waals surface area contributed by atoms with Crippen LogP contribution in [-0.4, -0.2) is 50.3 Å². The van der Waals surface area contributed by atoms with E-state index >= 15 is 0 Å². The zero-order valence-electron chi connectivity index (χ0n) is 17.1. The summed E-state index contributed by atoms with van der Waals surface area (Å²) in [6.45, 7) is 3.83. The maximum atomic E-state index is 6.33. The smallest absolute Gasteiger partial charge is 0.227 e. The van der Waals surface area contributed by atoms with E-state index in [-0.39, 0.29) is 5.60 Å². The Labute approximate surface area is 176 Å². The predicted octanol–water partition coefficient (Wildman–Crippen LogP) is 3.53. The van der Waals surface area contributed by atoms with Gasteiger partial charge in [0.15, 0.2) is 0 Å². The van der Waals surface area contributed by atoms with Crippen molar-refractivity contribution in [2.75, 3.05) is 19.7 Å². The van der Waals surface area contributed by atoms with E-state index in [1.807, 2.05) is 24.4 Å². The Morgan fingerprint density at radius 2 is 2.03 bits per heavy atom. The van der Waals surface area contributed by atoms with Gasteiger partial charge in [0, 0.05) is 56.8 Å². The summed E-state index contributed by atoms with van der Waals surface area (Å²) in [5.74, 6) is 1.84. The van der Waals surface area contributed by atoms with Gasteiger partial charge in [0.05, 0.1) is 11.3 Å². The summed E-state index contributed by atoms with van der Waals surface area (Å²) in [5, 5.41) is 4.14. The second kappa shape index (κ2) is 8.62. The zero-order chi connectivity index (χ0) is 20.2. The molecule has 3 aromatic rings. The third-order valence-corrected chi connectivity index (χ3v) is 6.33. The van der Waals surface area contributed by atoms with E-state index in [0.29, 0.717) is 17.6 Å². The molecule has 2 saturated heterocycles. The number of likely N-dealkylation sites (tertiary alicyclic amines) is 1. The molecule has 1 spiro atoms. The molecule has 30 heavy (non-hydrogen) atoms. The van der Waals surface area contributed by atoms with Crippen LogP contribution in [0.2, 0.25) is 0 Å². The molecular weight excluding hydrogens is 378 g/mol. The SMILES string of the molecule is c1ccc(CN2CCC3(CC2)CC(Cc2nc(-c4cccnc4)no2)CCO3)nc1. The average Bonchev–Trinajstić information content (AvgIpc) is 3.26. The van der Waals surface area contributed by atoms with Crippen molar-refractivity contribution < 1.29 is 9.26 Å². The zero-order valence-corrected chi connectivity index (χ0v) is 17.1. The highest BCUT2D eigenvalue weighted by atomic mass is 16.5. The van der Waals surface area contributed by atoms with Crippen molar-refractivity contribution in [2.45, 2.75) is 44.2 Å². The van der Waals surface area contributed by atoms with Crippen LogP contribution in [-0.2, 0) is 17.7 Å². The van der Waals surface area contributed by atoms with Gasteiger partial charge in [0.1, 0.15) is 0 Å². The van der Waals surface area contributed by atoms with E-state index < -0.39 is 0 Å². The maximum absolute atomic E-state index is 6.33. The minimum absolute atomic E-state index is 0.00423. The molecular formula is C23H27N5O2. The number of pyridine rings is 2. The number of aromatic nitrogens is 4. The lowest BCUT2D eigenvalue weighted by Gasteiger charge is -2.46. The fourth-order valence-electron chi connectivity index (χ4n) is 4.69. The van der Waals surface area contributed by atoms with Gasteiger partial charge in [-0.2, -0.15) is 4.98 Å². The minimum Gasteiger partial charge on any atom is -0.375 e. The predicted molar refractivity (Wildman–Crippen MR) is 111 cm³/mol. The van der Waals surface area contributed by atoms with Crippen LogP contribution in [0.3, 0.4) is 0 Å². The first-order chi connectivity index (χ1) is 14.8. The molecule has 2 aliphatic rings. The molecule has 0 bridgehead atoms. The fraction of sp³-hybridized carbons (Fsp3) is 0.478. The number of hydrogen-bond acceptors (Lipinski definition) is 7. The Kier molecular flexibility index (Phi) is 5.55. The quantitative estimate of drug-likeness (QED) is 0.643. The number of rotatable bonds is 5. The van der Waals surface area contributed by atoms with Crippen LogP contribution in [0.1, 0.15) is 37.3 Å². The van der Waals surface area contributed by atoms with Crippen LogP contribution in [0.5, 0.6) is 0 Å². The molecule has 3 aromatic heterocycles. The van der Waals surface area contributed by atoms with Gasteiger partial charge in [-0.15, -0.1) is 0 Å². The number of nitrogens with zero attached hydrogens (tertiary/aromatic N) is 5. The summed E-state index contributed by atoms with van der Waals surface area (Å²) < 4.78 is 11.9. The van der Waals surface area contributed by atoms with Gasteiger partial charge in [-0.05, 0) is 55.9 Å². The topological polar surface area (TPSA) is 77.2 Å². The highest BCUT2D eigenvalue weighted by Crippen LogP contribution is 2.39. The molecule has 5 rings (SSSR count). The molecule has 5 heterocycles. The lowest BCUT2D eigenvalue weighted by atomic mass is 9.78. The van der Waals surface area contributed by atoms with E-state index in [4.69, 9.17) is 9.26 Å². The largest absolute Gasteiger partial charge is 0.375 e. The molecule has 1 atom stereocenters. The second-order valence-corrected chi connectivity index (χ2v) is 8.45. The maximum Gasteiger partial charge on any atom is 0.227 e. The molecule has 0 radical (unpaired) electrons. The van der Waals surface area contributed by atoms with Crippen molar-refractivity contribution in [3.63, 3.8) is 0 Å². The highest BCUT2D eigenvalue weighted by molar-refractivity contribution is 5.51. The van der Waals surface area contributed by atoms with Crippen LogP contribution in [0.4, 0.5) is 0 Å². The van der Waals surface area contributed by atoms with E-state index in [9.17, 15) is 0 Å². The third-order valence-electron chi connectivity index (χ3n) is 6.33. The summed E-state index contributed by atoms with van der Waals surface area (Å²) in [7, 11) is 0. The minimum atomic E-state index is -0.00423.